The van der Waals surface area contributed by atoms with Crippen molar-refractivity contribution in [3.8, 4) is 0 Å². The molecule has 1 aliphatic rings. The van der Waals surface area contributed by atoms with Crippen LogP contribution in [0.25, 0.3) is 6.08 Å². The molecule has 24 heavy (non-hydrogen) atoms. The number of carbonyl (C=O) groups is 3. The largest absolute Gasteiger partial charge is 0.461 e. The third-order valence-corrected chi connectivity index (χ3v) is 3.62. The zero-order chi connectivity index (χ0) is 17.1. The lowest BCUT2D eigenvalue weighted by molar-refractivity contribution is -0.139. The summed E-state index contributed by atoms with van der Waals surface area (Å²) in [4.78, 5) is 38.1. The van der Waals surface area contributed by atoms with Crippen LogP contribution in [-0.4, -0.2) is 24.3 Å². The van der Waals surface area contributed by atoms with Gasteiger partial charge in [0.15, 0.2) is 0 Å². The van der Waals surface area contributed by atoms with Crippen LogP contribution in [0.4, 0.5) is 5.69 Å². The third-order valence-electron chi connectivity index (χ3n) is 3.62. The van der Waals surface area contributed by atoms with E-state index in [1.807, 2.05) is 18.2 Å². The summed E-state index contributed by atoms with van der Waals surface area (Å²) in [5, 5.41) is 0. The summed E-state index contributed by atoms with van der Waals surface area (Å²) in [7, 11) is 0. The van der Waals surface area contributed by atoms with Crippen LogP contribution >= 0.6 is 0 Å². The Morgan fingerprint density at radius 1 is 1.04 bits per heavy atom. The van der Waals surface area contributed by atoms with Crippen molar-refractivity contribution in [3.63, 3.8) is 0 Å². The molecule has 0 saturated heterocycles. The highest BCUT2D eigenvalue weighted by Gasteiger charge is 2.39. The van der Waals surface area contributed by atoms with Crippen molar-refractivity contribution in [1.82, 2.24) is 0 Å². The Kier molecular flexibility index (Phi) is 4.24. The molecule has 5 nitrogen and oxygen atoms in total. The molecule has 1 heterocycles. The van der Waals surface area contributed by atoms with E-state index >= 15 is 0 Å². The summed E-state index contributed by atoms with van der Waals surface area (Å²) in [5.41, 5.74) is 1.42. The van der Waals surface area contributed by atoms with Crippen LogP contribution in [0, 0.1) is 0 Å². The molecular formula is C19H15NO4. The first-order chi connectivity index (χ1) is 11.6. The van der Waals surface area contributed by atoms with E-state index in [0.29, 0.717) is 5.69 Å². The lowest BCUT2D eigenvalue weighted by Crippen LogP contribution is -2.33. The lowest BCUT2D eigenvalue weighted by Gasteiger charge is -2.19. The Bertz CT molecular complexity index is 839. The summed E-state index contributed by atoms with van der Waals surface area (Å²) in [6, 6.07) is 15.7. The number of benzene rings is 2. The van der Waals surface area contributed by atoms with Gasteiger partial charge in [-0.25, -0.2) is 4.79 Å². The minimum Gasteiger partial charge on any atom is -0.461 e. The van der Waals surface area contributed by atoms with Gasteiger partial charge in [-0.1, -0.05) is 42.5 Å². The van der Waals surface area contributed by atoms with Crippen molar-refractivity contribution in [2.24, 2.45) is 0 Å². The quantitative estimate of drug-likeness (QED) is 0.493. The second kappa shape index (κ2) is 6.50. The van der Waals surface area contributed by atoms with Crippen molar-refractivity contribution >= 4 is 29.4 Å². The molecule has 1 aliphatic heterocycles. The van der Waals surface area contributed by atoms with Crippen LogP contribution in [0.1, 0.15) is 22.8 Å². The first-order valence-corrected chi connectivity index (χ1v) is 7.55. The fraction of sp³-hybridized carbons (Fsp3) is 0.105. The molecule has 0 aromatic heterocycles. The van der Waals surface area contributed by atoms with E-state index in [1.165, 1.54) is 0 Å². The average molecular weight is 321 g/mol. The van der Waals surface area contributed by atoms with Crippen molar-refractivity contribution < 1.29 is 19.1 Å². The van der Waals surface area contributed by atoms with Crippen molar-refractivity contribution in [2.45, 2.75) is 6.92 Å². The summed E-state index contributed by atoms with van der Waals surface area (Å²) in [6.07, 6.45) is 1.55. The molecule has 5 heteroatoms. The minimum absolute atomic E-state index is 0.0198. The van der Waals surface area contributed by atoms with Gasteiger partial charge < -0.3 is 4.74 Å². The van der Waals surface area contributed by atoms with Gasteiger partial charge in [-0.05, 0) is 30.7 Å². The van der Waals surface area contributed by atoms with Gasteiger partial charge in [-0.3, -0.25) is 14.5 Å². The van der Waals surface area contributed by atoms with Crippen LogP contribution in [0.15, 0.2) is 60.3 Å². The Balaban J connectivity index is 2.13. The number of ether oxygens (including phenoxy) is 1. The molecule has 3 rings (SSSR count). The monoisotopic (exact) mass is 321 g/mol. The number of anilines is 1. The Morgan fingerprint density at radius 2 is 1.71 bits per heavy atom. The number of amides is 1. The number of nitrogens with zero attached hydrogens (tertiary/aromatic N) is 1. The van der Waals surface area contributed by atoms with Gasteiger partial charge >= 0.3 is 11.9 Å². The summed E-state index contributed by atoms with van der Waals surface area (Å²) >= 11 is 0. The van der Waals surface area contributed by atoms with E-state index in [1.54, 1.807) is 49.4 Å². The molecule has 120 valence electrons. The van der Waals surface area contributed by atoms with Crippen LogP contribution < -0.4 is 4.90 Å². The third kappa shape index (κ3) is 2.72. The highest BCUT2D eigenvalue weighted by Crippen LogP contribution is 2.32. The van der Waals surface area contributed by atoms with E-state index in [0.717, 1.165) is 10.5 Å². The predicted molar refractivity (Wildman–Crippen MR) is 89.3 cm³/mol. The molecule has 0 fully saturated rings. The second-order valence-corrected chi connectivity index (χ2v) is 5.15. The van der Waals surface area contributed by atoms with Crippen molar-refractivity contribution in [3.05, 3.63) is 71.4 Å². The van der Waals surface area contributed by atoms with Crippen LogP contribution in [-0.2, 0) is 14.3 Å². The highest BCUT2D eigenvalue weighted by atomic mass is 16.5. The number of Topliss-reactive ketones (excluding diaryl/α,β-unsaturated/α-hetero) is 1. The average Bonchev–Trinajstić information content (AvgIpc) is 2.86. The molecule has 0 bridgehead atoms. The maximum absolute atomic E-state index is 12.4. The minimum atomic E-state index is -0.758. The van der Waals surface area contributed by atoms with Crippen LogP contribution in [0.5, 0.6) is 0 Å². The first kappa shape index (κ1) is 15.7. The zero-order valence-electron chi connectivity index (χ0n) is 13.1. The molecule has 2 aromatic carbocycles. The fourth-order valence-electron chi connectivity index (χ4n) is 2.55. The smallest absolute Gasteiger partial charge is 0.355 e. The number of esters is 1. The second-order valence-electron chi connectivity index (χ2n) is 5.15. The summed E-state index contributed by atoms with van der Waals surface area (Å²) in [5.74, 6) is -2.04. The Hall–Kier alpha value is -3.21. The fourth-order valence-corrected chi connectivity index (χ4v) is 2.55. The Labute approximate surface area is 139 Å². The number of carbonyl (C=O) groups excluding carboxylic acids is 3. The van der Waals surface area contributed by atoms with E-state index in [4.69, 9.17) is 4.74 Å². The zero-order valence-corrected chi connectivity index (χ0v) is 13.1. The SMILES string of the molecule is CCOC(=O)/C(=C\c1ccccc1)N1C(=O)C(=O)c2ccccc21. The number of ketones is 1. The maximum Gasteiger partial charge on any atom is 0.355 e. The molecule has 0 saturated carbocycles. The molecule has 0 N–H and O–H groups in total. The normalized spacial score (nSPS) is 13.9. The topological polar surface area (TPSA) is 63.7 Å². The number of rotatable bonds is 4. The predicted octanol–water partition coefficient (Wildman–Crippen LogP) is 2.82. The summed E-state index contributed by atoms with van der Waals surface area (Å²) in [6.45, 7) is 1.85. The number of hydrogen-bond acceptors (Lipinski definition) is 4. The molecule has 0 spiro atoms. The standard InChI is InChI=1S/C19H15NO4/c1-2-24-19(23)16(12-13-8-4-3-5-9-13)20-15-11-7-6-10-14(15)17(21)18(20)22/h3-12H,2H2,1H3/b16-12+. The molecule has 0 atom stereocenters. The summed E-state index contributed by atoms with van der Waals surface area (Å²) < 4.78 is 5.07. The number of hydrogen-bond donors (Lipinski definition) is 0. The molecule has 1 amide bonds. The van der Waals surface area contributed by atoms with Gasteiger partial charge in [0.1, 0.15) is 5.70 Å². The Morgan fingerprint density at radius 3 is 2.42 bits per heavy atom. The maximum atomic E-state index is 12.4. The van der Waals surface area contributed by atoms with Gasteiger partial charge in [-0.2, -0.15) is 0 Å². The van der Waals surface area contributed by atoms with Crippen LogP contribution in [0.3, 0.4) is 0 Å². The number of fused-ring (bicyclic) bond motifs is 1. The number of para-hydroxylation sites is 1. The van der Waals surface area contributed by atoms with E-state index in [2.05, 4.69) is 0 Å². The van der Waals surface area contributed by atoms with E-state index in [-0.39, 0.29) is 17.9 Å². The highest BCUT2D eigenvalue weighted by molar-refractivity contribution is 6.53. The van der Waals surface area contributed by atoms with Gasteiger partial charge in [0.05, 0.1) is 17.9 Å². The molecule has 0 unspecified atom stereocenters. The van der Waals surface area contributed by atoms with Crippen molar-refractivity contribution in [2.75, 3.05) is 11.5 Å². The lowest BCUT2D eigenvalue weighted by atomic mass is 10.1. The van der Waals surface area contributed by atoms with Gasteiger partial charge in [0.25, 0.3) is 5.78 Å². The van der Waals surface area contributed by atoms with Crippen LogP contribution in [0.2, 0.25) is 0 Å². The molecule has 2 aromatic rings. The molecule has 0 aliphatic carbocycles. The van der Waals surface area contributed by atoms with Gasteiger partial charge in [0.2, 0.25) is 0 Å². The van der Waals surface area contributed by atoms with Gasteiger partial charge in [0, 0.05) is 0 Å². The van der Waals surface area contributed by atoms with Gasteiger partial charge in [-0.15, -0.1) is 0 Å². The first-order valence-electron chi connectivity index (χ1n) is 7.55. The molecular weight excluding hydrogens is 306 g/mol. The van der Waals surface area contributed by atoms with E-state index < -0.39 is 17.7 Å². The molecule has 0 radical (unpaired) electrons. The van der Waals surface area contributed by atoms with E-state index in [9.17, 15) is 14.4 Å². The van der Waals surface area contributed by atoms with Crippen molar-refractivity contribution in [1.29, 1.82) is 0 Å².